The molecule has 172 valence electrons. The van der Waals surface area contributed by atoms with Gasteiger partial charge >= 0.3 is 0 Å². The molecule has 1 aliphatic heterocycles. The Kier molecular flexibility index (Phi) is 7.12. The van der Waals surface area contributed by atoms with Crippen LogP contribution in [-0.2, 0) is 24.1 Å². The van der Waals surface area contributed by atoms with Crippen LogP contribution < -0.4 is 19.7 Å². The lowest BCUT2D eigenvalue weighted by Gasteiger charge is -2.31. The minimum atomic E-state index is -0.0156. The van der Waals surface area contributed by atoms with E-state index < -0.39 is 0 Å². The Balaban J connectivity index is 1.29. The molecule has 32 heavy (non-hydrogen) atoms. The Labute approximate surface area is 190 Å². The molecule has 4 rings (SSSR count). The summed E-state index contributed by atoms with van der Waals surface area (Å²) in [4.78, 5) is 24.5. The number of hydrogen-bond donors (Lipinski definition) is 1. The molecule has 0 bridgehead atoms. The number of nitrogens with one attached hydrogen (secondary N) is 1. The van der Waals surface area contributed by atoms with Gasteiger partial charge in [0.05, 0.1) is 14.2 Å². The van der Waals surface area contributed by atoms with Crippen LogP contribution in [0.25, 0.3) is 0 Å². The van der Waals surface area contributed by atoms with Gasteiger partial charge in [-0.2, -0.15) is 0 Å². The standard InChI is InChI=1S/C25H34N4O3/c1-17-9-12-29(13-10-17)25-27-16-20-15-19(5-6-21(20)28-25)24(30)26-11-8-18-4-7-22(31-2)23(14-18)32-3/h4,7,14,16-17,19H,5-6,8-13,15H2,1-3H3,(H,26,30)/t19-/m1/s1. The number of aryl methyl sites for hydroxylation is 1. The van der Waals surface area contributed by atoms with Crippen LogP contribution in [-0.4, -0.2) is 49.7 Å². The molecule has 2 heterocycles. The van der Waals surface area contributed by atoms with Gasteiger partial charge < -0.3 is 19.7 Å². The average Bonchev–Trinajstić information content (AvgIpc) is 2.83. The molecule has 0 radical (unpaired) electrons. The summed E-state index contributed by atoms with van der Waals surface area (Å²) in [6.07, 6.45) is 7.48. The van der Waals surface area contributed by atoms with Crippen LogP contribution in [0.3, 0.4) is 0 Å². The number of carbonyl (C=O) groups is 1. The fourth-order valence-electron chi connectivity index (χ4n) is 4.59. The molecule has 0 spiro atoms. The third-order valence-electron chi connectivity index (χ3n) is 6.74. The van der Waals surface area contributed by atoms with Crippen molar-refractivity contribution in [3.05, 3.63) is 41.2 Å². The minimum absolute atomic E-state index is 0.0156. The van der Waals surface area contributed by atoms with Gasteiger partial charge in [0.25, 0.3) is 0 Å². The largest absolute Gasteiger partial charge is 0.493 e. The van der Waals surface area contributed by atoms with Gasteiger partial charge in [0.1, 0.15) is 0 Å². The van der Waals surface area contributed by atoms with Gasteiger partial charge in [0.15, 0.2) is 11.5 Å². The Morgan fingerprint density at radius 3 is 2.69 bits per heavy atom. The lowest BCUT2D eigenvalue weighted by atomic mass is 9.86. The summed E-state index contributed by atoms with van der Waals surface area (Å²) >= 11 is 0. The third kappa shape index (κ3) is 5.14. The van der Waals surface area contributed by atoms with Gasteiger partial charge in [-0.3, -0.25) is 4.79 Å². The van der Waals surface area contributed by atoms with Gasteiger partial charge in [-0.15, -0.1) is 0 Å². The fourth-order valence-corrected chi connectivity index (χ4v) is 4.59. The van der Waals surface area contributed by atoms with Crippen molar-refractivity contribution in [3.63, 3.8) is 0 Å². The predicted molar refractivity (Wildman–Crippen MR) is 124 cm³/mol. The number of aromatic nitrogens is 2. The Morgan fingerprint density at radius 1 is 1.16 bits per heavy atom. The molecule has 7 nitrogen and oxygen atoms in total. The number of rotatable bonds is 7. The van der Waals surface area contributed by atoms with Gasteiger partial charge in [-0.25, -0.2) is 9.97 Å². The highest BCUT2D eigenvalue weighted by atomic mass is 16.5. The lowest BCUT2D eigenvalue weighted by molar-refractivity contribution is -0.125. The number of nitrogens with zero attached hydrogens (tertiary/aromatic N) is 3. The van der Waals surface area contributed by atoms with E-state index in [4.69, 9.17) is 14.5 Å². The second-order valence-electron chi connectivity index (χ2n) is 8.98. The summed E-state index contributed by atoms with van der Waals surface area (Å²) < 4.78 is 10.6. The third-order valence-corrected chi connectivity index (χ3v) is 6.74. The number of fused-ring (bicyclic) bond motifs is 1. The Hall–Kier alpha value is -2.83. The molecule has 2 aliphatic rings. The van der Waals surface area contributed by atoms with Crippen molar-refractivity contribution >= 4 is 11.9 Å². The van der Waals surface area contributed by atoms with Crippen molar-refractivity contribution in [2.24, 2.45) is 11.8 Å². The quantitative estimate of drug-likeness (QED) is 0.716. The van der Waals surface area contributed by atoms with E-state index in [1.165, 1.54) is 12.8 Å². The molecule has 1 N–H and O–H groups in total. The monoisotopic (exact) mass is 438 g/mol. The highest BCUT2D eigenvalue weighted by Gasteiger charge is 2.27. The molecule has 0 unspecified atom stereocenters. The fraction of sp³-hybridized carbons (Fsp3) is 0.560. The van der Waals surface area contributed by atoms with Gasteiger partial charge in [0.2, 0.25) is 11.9 Å². The summed E-state index contributed by atoms with van der Waals surface area (Å²) in [6, 6.07) is 5.86. The van der Waals surface area contributed by atoms with Crippen LogP contribution >= 0.6 is 0 Å². The van der Waals surface area contributed by atoms with E-state index in [1.54, 1.807) is 14.2 Å². The predicted octanol–water partition coefficient (Wildman–Crippen LogP) is 3.19. The molecule has 1 atom stereocenters. The van der Waals surface area contributed by atoms with Gasteiger partial charge in [-0.1, -0.05) is 13.0 Å². The first-order valence-corrected chi connectivity index (χ1v) is 11.7. The second-order valence-corrected chi connectivity index (χ2v) is 8.98. The topological polar surface area (TPSA) is 76.6 Å². The highest BCUT2D eigenvalue weighted by molar-refractivity contribution is 5.79. The minimum Gasteiger partial charge on any atom is -0.493 e. The maximum Gasteiger partial charge on any atom is 0.225 e. The van der Waals surface area contributed by atoms with Crippen molar-refractivity contribution in [3.8, 4) is 11.5 Å². The number of ether oxygens (including phenoxy) is 2. The van der Waals surface area contributed by atoms with Crippen LogP contribution in [0.1, 0.15) is 43.0 Å². The molecular formula is C25H34N4O3. The van der Waals surface area contributed by atoms with Crippen LogP contribution in [0.15, 0.2) is 24.4 Å². The van der Waals surface area contributed by atoms with E-state index in [1.807, 2.05) is 24.4 Å². The molecule has 1 amide bonds. The maximum absolute atomic E-state index is 12.8. The number of hydrogen-bond acceptors (Lipinski definition) is 6. The zero-order chi connectivity index (χ0) is 22.5. The Morgan fingerprint density at radius 2 is 1.94 bits per heavy atom. The molecule has 7 heteroatoms. The molecule has 1 fully saturated rings. The van der Waals surface area contributed by atoms with Crippen molar-refractivity contribution in [2.45, 2.75) is 45.4 Å². The number of amides is 1. The van der Waals surface area contributed by atoms with E-state index in [0.29, 0.717) is 18.0 Å². The van der Waals surface area contributed by atoms with Crippen molar-refractivity contribution in [2.75, 3.05) is 38.8 Å². The van der Waals surface area contributed by atoms with E-state index in [9.17, 15) is 4.79 Å². The molecule has 1 saturated heterocycles. The lowest BCUT2D eigenvalue weighted by Crippen LogP contribution is -2.36. The van der Waals surface area contributed by atoms with E-state index in [-0.39, 0.29) is 11.8 Å². The summed E-state index contributed by atoms with van der Waals surface area (Å²) in [5.41, 5.74) is 3.33. The molecule has 1 aromatic heterocycles. The number of carbonyl (C=O) groups excluding carboxylic acids is 1. The summed E-state index contributed by atoms with van der Waals surface area (Å²) in [5.74, 6) is 3.16. The van der Waals surface area contributed by atoms with E-state index in [0.717, 1.165) is 67.5 Å². The van der Waals surface area contributed by atoms with E-state index >= 15 is 0 Å². The van der Waals surface area contributed by atoms with Crippen LogP contribution in [0.2, 0.25) is 0 Å². The second kappa shape index (κ2) is 10.2. The first-order chi connectivity index (χ1) is 15.6. The first kappa shape index (κ1) is 22.4. The average molecular weight is 439 g/mol. The number of methoxy groups -OCH3 is 2. The van der Waals surface area contributed by atoms with Crippen molar-refractivity contribution in [1.29, 1.82) is 0 Å². The van der Waals surface area contributed by atoms with Gasteiger partial charge in [-0.05, 0) is 67.7 Å². The normalized spacial score (nSPS) is 18.7. The molecule has 0 saturated carbocycles. The van der Waals surface area contributed by atoms with E-state index in [2.05, 4.69) is 22.1 Å². The molecule has 2 aromatic rings. The van der Waals surface area contributed by atoms with Gasteiger partial charge in [0, 0.05) is 37.4 Å². The molecule has 1 aromatic carbocycles. The van der Waals surface area contributed by atoms with Crippen LogP contribution in [0.4, 0.5) is 5.95 Å². The number of anilines is 1. The first-order valence-electron chi connectivity index (χ1n) is 11.7. The maximum atomic E-state index is 12.8. The molecular weight excluding hydrogens is 404 g/mol. The Bertz CT molecular complexity index is 941. The van der Waals surface area contributed by atoms with Crippen molar-refractivity contribution in [1.82, 2.24) is 15.3 Å². The number of benzene rings is 1. The molecule has 1 aliphatic carbocycles. The zero-order valence-electron chi connectivity index (χ0n) is 19.4. The SMILES string of the molecule is COc1ccc(CCNC(=O)[C@@H]2CCc3nc(N4CCC(C)CC4)ncc3C2)cc1OC. The highest BCUT2D eigenvalue weighted by Crippen LogP contribution is 2.28. The summed E-state index contributed by atoms with van der Waals surface area (Å²) in [6.45, 7) is 4.97. The number of piperidine rings is 1. The summed E-state index contributed by atoms with van der Waals surface area (Å²) in [7, 11) is 3.25. The smallest absolute Gasteiger partial charge is 0.225 e. The summed E-state index contributed by atoms with van der Waals surface area (Å²) in [5, 5.41) is 3.10. The zero-order valence-corrected chi connectivity index (χ0v) is 19.4. The van der Waals surface area contributed by atoms with Crippen molar-refractivity contribution < 1.29 is 14.3 Å². The van der Waals surface area contributed by atoms with Crippen LogP contribution in [0.5, 0.6) is 11.5 Å². The van der Waals surface area contributed by atoms with Crippen LogP contribution in [0, 0.1) is 11.8 Å².